The van der Waals surface area contributed by atoms with Gasteiger partial charge in [0.15, 0.2) is 5.75 Å². The van der Waals surface area contributed by atoms with Crippen molar-refractivity contribution >= 4 is 17.5 Å². The van der Waals surface area contributed by atoms with E-state index in [0.29, 0.717) is 11.4 Å². The van der Waals surface area contributed by atoms with Gasteiger partial charge in [0.05, 0.1) is 5.69 Å². The van der Waals surface area contributed by atoms with Gasteiger partial charge in [-0.1, -0.05) is 0 Å². The Bertz CT molecular complexity index is 531. The number of nitrogens with zero attached hydrogens (tertiary/aromatic N) is 2. The molecule has 0 bridgehead atoms. The molecular weight excluding hydrogens is 280 g/mol. The second-order valence-corrected chi connectivity index (χ2v) is 6.78. The zero-order valence-corrected chi connectivity index (χ0v) is 13.8. The van der Waals surface area contributed by atoms with Crippen LogP contribution in [-0.4, -0.2) is 49.8 Å². The van der Waals surface area contributed by atoms with Crippen LogP contribution in [0.5, 0.6) is 5.75 Å². The topological polar surface area (TPSA) is 70.8 Å². The molecule has 0 radical (unpaired) electrons. The minimum atomic E-state index is -0.491. The van der Waals surface area contributed by atoms with Crippen molar-refractivity contribution in [3.05, 3.63) is 18.2 Å². The molecule has 3 N–H and O–H groups in total. The lowest BCUT2D eigenvalue weighted by Gasteiger charge is -2.34. The Balaban J connectivity index is 2.08. The summed E-state index contributed by atoms with van der Waals surface area (Å²) in [6.45, 7) is 9.65. The second kappa shape index (κ2) is 6.44. The first-order chi connectivity index (χ1) is 10.2. The lowest BCUT2D eigenvalue weighted by Crippen LogP contribution is -2.44. The lowest BCUT2D eigenvalue weighted by molar-refractivity contribution is 0.191. The molecule has 0 aromatic heterocycles. The molecule has 0 aliphatic carbocycles. The normalized spacial score (nSPS) is 16.5. The van der Waals surface area contributed by atoms with E-state index in [0.717, 1.165) is 31.9 Å². The maximum atomic E-state index is 11.9. The van der Waals surface area contributed by atoms with E-state index in [2.05, 4.69) is 22.2 Å². The molecule has 22 heavy (non-hydrogen) atoms. The van der Waals surface area contributed by atoms with Crippen molar-refractivity contribution in [2.45, 2.75) is 26.3 Å². The van der Waals surface area contributed by atoms with Gasteiger partial charge in [0.1, 0.15) is 0 Å². The van der Waals surface area contributed by atoms with Crippen molar-refractivity contribution < 1.29 is 9.53 Å². The summed E-state index contributed by atoms with van der Waals surface area (Å²) in [6, 6.07) is 5.59. The van der Waals surface area contributed by atoms with E-state index < -0.39 is 6.09 Å². The van der Waals surface area contributed by atoms with E-state index >= 15 is 0 Å². The highest BCUT2D eigenvalue weighted by Gasteiger charge is 2.18. The number of hydrogen-bond acceptors (Lipinski definition) is 5. The Hall–Kier alpha value is -1.95. The standard InChI is InChI=1S/C16H26N4O2/c1-16(2,3)18-15(21)22-14-11-12(5-6-13(14)17)20-9-7-19(4)8-10-20/h5-6,11H,7-10,17H2,1-4H3,(H,18,21). The highest BCUT2D eigenvalue weighted by atomic mass is 16.6. The third kappa shape index (κ3) is 4.53. The number of nitrogens with one attached hydrogen (secondary N) is 1. The highest BCUT2D eigenvalue weighted by Crippen LogP contribution is 2.28. The van der Waals surface area contributed by atoms with Crippen LogP contribution in [-0.2, 0) is 0 Å². The van der Waals surface area contributed by atoms with Gasteiger partial charge in [0, 0.05) is 43.5 Å². The number of hydrogen-bond donors (Lipinski definition) is 2. The number of carbonyl (C=O) groups is 1. The van der Waals surface area contributed by atoms with Gasteiger partial charge in [0.25, 0.3) is 0 Å². The molecule has 2 rings (SSSR count). The lowest BCUT2D eigenvalue weighted by atomic mass is 10.1. The third-order valence-corrected chi connectivity index (χ3v) is 3.55. The first-order valence-electron chi connectivity index (χ1n) is 7.57. The third-order valence-electron chi connectivity index (χ3n) is 3.55. The largest absolute Gasteiger partial charge is 0.413 e. The summed E-state index contributed by atoms with van der Waals surface area (Å²) in [4.78, 5) is 16.5. The number of rotatable bonds is 2. The molecular formula is C16H26N4O2. The molecule has 0 atom stereocenters. The molecule has 6 heteroatoms. The number of carbonyl (C=O) groups excluding carboxylic acids is 1. The molecule has 0 unspecified atom stereocenters. The number of benzene rings is 1. The minimum Gasteiger partial charge on any atom is -0.408 e. The Labute approximate surface area is 132 Å². The molecule has 6 nitrogen and oxygen atoms in total. The summed E-state index contributed by atoms with van der Waals surface area (Å²) < 4.78 is 5.36. The maximum Gasteiger partial charge on any atom is 0.413 e. The van der Waals surface area contributed by atoms with Crippen LogP contribution in [0.2, 0.25) is 0 Å². The fourth-order valence-corrected chi connectivity index (χ4v) is 2.30. The zero-order valence-electron chi connectivity index (χ0n) is 13.8. The average Bonchev–Trinajstić information content (AvgIpc) is 2.40. The summed E-state index contributed by atoms with van der Waals surface area (Å²) in [5, 5.41) is 2.76. The van der Waals surface area contributed by atoms with Crippen molar-refractivity contribution in [2.75, 3.05) is 43.9 Å². The van der Waals surface area contributed by atoms with Gasteiger partial charge < -0.3 is 25.6 Å². The van der Waals surface area contributed by atoms with Crippen LogP contribution in [0.15, 0.2) is 18.2 Å². The number of nitrogens with two attached hydrogens (primary N) is 1. The van der Waals surface area contributed by atoms with Gasteiger partial charge >= 0.3 is 6.09 Å². The van der Waals surface area contributed by atoms with Gasteiger partial charge in [-0.3, -0.25) is 0 Å². The van der Waals surface area contributed by atoms with E-state index in [1.165, 1.54) is 0 Å². The molecule has 1 aromatic carbocycles. The molecule has 1 heterocycles. The summed E-state index contributed by atoms with van der Waals surface area (Å²) in [5.41, 5.74) is 7.06. The van der Waals surface area contributed by atoms with E-state index in [1.54, 1.807) is 6.07 Å². The molecule has 1 amide bonds. The quantitative estimate of drug-likeness (QED) is 0.817. The maximum absolute atomic E-state index is 11.9. The van der Waals surface area contributed by atoms with Crippen LogP contribution in [0, 0.1) is 0 Å². The van der Waals surface area contributed by atoms with Crippen LogP contribution in [0.4, 0.5) is 16.2 Å². The van der Waals surface area contributed by atoms with E-state index in [-0.39, 0.29) is 5.54 Å². The van der Waals surface area contributed by atoms with Crippen LogP contribution in [0.1, 0.15) is 20.8 Å². The first-order valence-corrected chi connectivity index (χ1v) is 7.57. The molecule has 0 saturated carbocycles. The molecule has 1 aromatic rings. The number of ether oxygens (including phenoxy) is 1. The minimum absolute atomic E-state index is 0.346. The van der Waals surface area contributed by atoms with E-state index in [1.807, 2.05) is 32.9 Å². The Morgan fingerprint density at radius 2 is 1.86 bits per heavy atom. The monoisotopic (exact) mass is 306 g/mol. The zero-order chi connectivity index (χ0) is 16.3. The molecule has 1 aliphatic rings. The SMILES string of the molecule is CN1CCN(c2ccc(N)c(OC(=O)NC(C)(C)C)c2)CC1. The number of amides is 1. The van der Waals surface area contributed by atoms with Gasteiger partial charge in [0.2, 0.25) is 0 Å². The first kappa shape index (κ1) is 16.4. The van der Waals surface area contributed by atoms with Crippen molar-refractivity contribution in [2.24, 2.45) is 0 Å². The second-order valence-electron chi connectivity index (χ2n) is 6.78. The van der Waals surface area contributed by atoms with Gasteiger partial charge in [-0.15, -0.1) is 0 Å². The number of nitrogen functional groups attached to an aromatic ring is 1. The number of piperazine rings is 1. The highest BCUT2D eigenvalue weighted by molar-refractivity contribution is 5.75. The van der Waals surface area contributed by atoms with Crippen molar-refractivity contribution in [1.29, 1.82) is 0 Å². The van der Waals surface area contributed by atoms with Crippen molar-refractivity contribution in [3.63, 3.8) is 0 Å². The number of likely N-dealkylation sites (N-methyl/N-ethyl adjacent to an activating group) is 1. The van der Waals surface area contributed by atoms with Crippen molar-refractivity contribution in [3.8, 4) is 5.75 Å². The Morgan fingerprint density at radius 3 is 2.45 bits per heavy atom. The number of anilines is 2. The molecule has 1 saturated heterocycles. The van der Waals surface area contributed by atoms with E-state index in [4.69, 9.17) is 10.5 Å². The fraction of sp³-hybridized carbons (Fsp3) is 0.562. The molecule has 0 spiro atoms. The predicted octanol–water partition coefficient (Wildman–Crippen LogP) is 1.91. The van der Waals surface area contributed by atoms with Crippen molar-refractivity contribution in [1.82, 2.24) is 10.2 Å². The fourth-order valence-electron chi connectivity index (χ4n) is 2.30. The summed E-state index contributed by atoms with van der Waals surface area (Å²) >= 11 is 0. The van der Waals surface area contributed by atoms with Crippen LogP contribution in [0.25, 0.3) is 0 Å². The molecule has 1 aliphatic heterocycles. The van der Waals surface area contributed by atoms with Gasteiger partial charge in [-0.2, -0.15) is 0 Å². The molecule has 122 valence electrons. The predicted molar refractivity (Wildman–Crippen MR) is 89.5 cm³/mol. The summed E-state index contributed by atoms with van der Waals surface area (Å²) in [6.07, 6.45) is -0.491. The Kier molecular flexibility index (Phi) is 4.81. The van der Waals surface area contributed by atoms with Crippen LogP contribution in [0.3, 0.4) is 0 Å². The van der Waals surface area contributed by atoms with E-state index in [9.17, 15) is 4.79 Å². The van der Waals surface area contributed by atoms with Gasteiger partial charge in [-0.25, -0.2) is 4.79 Å². The summed E-state index contributed by atoms with van der Waals surface area (Å²) in [7, 11) is 2.12. The average molecular weight is 306 g/mol. The smallest absolute Gasteiger partial charge is 0.408 e. The van der Waals surface area contributed by atoms with Crippen LogP contribution >= 0.6 is 0 Å². The van der Waals surface area contributed by atoms with Crippen LogP contribution < -0.4 is 20.7 Å². The molecule has 1 fully saturated rings. The van der Waals surface area contributed by atoms with Gasteiger partial charge in [-0.05, 0) is 40.0 Å². The summed E-state index contributed by atoms with van der Waals surface area (Å²) in [5.74, 6) is 0.401. The Morgan fingerprint density at radius 1 is 1.23 bits per heavy atom.